The Kier molecular flexibility index (Phi) is 3.29. The van der Waals surface area contributed by atoms with Crippen molar-refractivity contribution in [3.8, 4) is 6.07 Å². The van der Waals surface area contributed by atoms with Gasteiger partial charge in [0.1, 0.15) is 10.9 Å². The second-order valence-electron chi connectivity index (χ2n) is 2.22. The fourth-order valence-corrected chi connectivity index (χ4v) is 1.67. The van der Waals surface area contributed by atoms with Gasteiger partial charge in [-0.25, -0.2) is 0 Å². The fraction of sp³-hybridized carbons (Fsp3) is 0.286. The first kappa shape index (κ1) is 9.55. The zero-order valence-corrected chi connectivity index (χ0v) is 7.40. The second kappa shape index (κ2) is 4.48. The Morgan fingerprint density at radius 2 is 2.54 bits per heavy atom. The van der Waals surface area contributed by atoms with Crippen LogP contribution in [0.3, 0.4) is 0 Å². The first-order valence-corrected chi connectivity index (χ1v) is 4.28. The molecule has 1 unspecified atom stereocenters. The molecule has 1 heterocycles. The van der Waals surface area contributed by atoms with Crippen molar-refractivity contribution < 1.29 is 5.11 Å². The van der Waals surface area contributed by atoms with Crippen LogP contribution in [0.25, 0.3) is 10.4 Å². The number of nitriles is 1. The third-order valence-electron chi connectivity index (χ3n) is 1.43. The van der Waals surface area contributed by atoms with Gasteiger partial charge in [-0.15, -0.1) is 11.3 Å². The van der Waals surface area contributed by atoms with Gasteiger partial charge in [-0.2, -0.15) is 5.26 Å². The molecule has 1 aromatic rings. The number of azide groups is 1. The highest BCUT2D eigenvalue weighted by Crippen LogP contribution is 2.25. The van der Waals surface area contributed by atoms with Crippen molar-refractivity contribution in [2.24, 2.45) is 5.11 Å². The maximum absolute atomic E-state index is 8.85. The van der Waals surface area contributed by atoms with Crippen LogP contribution >= 0.6 is 11.3 Å². The summed E-state index contributed by atoms with van der Waals surface area (Å²) in [5.74, 6) is 0. The van der Waals surface area contributed by atoms with Crippen LogP contribution in [-0.4, -0.2) is 11.7 Å². The van der Waals surface area contributed by atoms with E-state index in [9.17, 15) is 0 Å². The van der Waals surface area contributed by atoms with Gasteiger partial charge in [0.05, 0.1) is 12.6 Å². The van der Waals surface area contributed by atoms with Crippen molar-refractivity contribution in [2.45, 2.75) is 6.04 Å². The average Bonchev–Trinajstić information content (AvgIpc) is 2.62. The molecular formula is C7H6N4OS. The number of nitrogens with zero attached hydrogens (tertiary/aromatic N) is 4. The summed E-state index contributed by atoms with van der Waals surface area (Å²) in [6.07, 6.45) is 0. The Morgan fingerprint density at radius 3 is 3.00 bits per heavy atom. The zero-order chi connectivity index (χ0) is 9.68. The van der Waals surface area contributed by atoms with Crippen LogP contribution in [-0.2, 0) is 0 Å². The van der Waals surface area contributed by atoms with E-state index in [-0.39, 0.29) is 6.61 Å². The molecule has 0 aromatic carbocycles. The minimum atomic E-state index is -0.572. The van der Waals surface area contributed by atoms with Gasteiger partial charge in [-0.05, 0) is 17.7 Å². The van der Waals surface area contributed by atoms with Crippen molar-refractivity contribution in [3.63, 3.8) is 0 Å². The minimum Gasteiger partial charge on any atom is -0.396 e. The molecule has 0 spiro atoms. The molecule has 1 N–H and O–H groups in total. The van der Waals surface area contributed by atoms with E-state index in [1.165, 1.54) is 11.3 Å². The monoisotopic (exact) mass is 194 g/mol. The van der Waals surface area contributed by atoms with E-state index in [1.54, 1.807) is 12.1 Å². The number of aliphatic hydroxyl groups is 1. The molecule has 5 nitrogen and oxygen atoms in total. The Balaban J connectivity index is 2.92. The second-order valence-corrected chi connectivity index (χ2v) is 3.33. The van der Waals surface area contributed by atoms with Gasteiger partial charge in [-0.3, -0.25) is 0 Å². The summed E-state index contributed by atoms with van der Waals surface area (Å²) in [7, 11) is 0. The molecule has 13 heavy (non-hydrogen) atoms. The van der Waals surface area contributed by atoms with Gasteiger partial charge < -0.3 is 5.11 Å². The molecule has 0 aliphatic carbocycles. The number of hydrogen-bond donors (Lipinski definition) is 1. The van der Waals surface area contributed by atoms with Gasteiger partial charge in [0.2, 0.25) is 0 Å². The first-order chi connectivity index (χ1) is 6.31. The largest absolute Gasteiger partial charge is 0.396 e. The summed E-state index contributed by atoms with van der Waals surface area (Å²) in [5.41, 5.74) is 8.18. The van der Waals surface area contributed by atoms with Gasteiger partial charge >= 0.3 is 0 Å². The van der Waals surface area contributed by atoms with Crippen LogP contribution in [0.5, 0.6) is 0 Å². The topological polar surface area (TPSA) is 92.8 Å². The molecule has 0 bridgehead atoms. The average molecular weight is 194 g/mol. The van der Waals surface area contributed by atoms with Gasteiger partial charge in [0.25, 0.3) is 0 Å². The summed E-state index contributed by atoms with van der Waals surface area (Å²) in [5, 5.41) is 20.8. The van der Waals surface area contributed by atoms with E-state index in [0.717, 1.165) is 0 Å². The van der Waals surface area contributed by atoms with Crippen LogP contribution in [0.1, 0.15) is 15.8 Å². The molecule has 0 saturated heterocycles. The van der Waals surface area contributed by atoms with Crippen molar-refractivity contribution >= 4 is 11.3 Å². The third-order valence-corrected chi connectivity index (χ3v) is 2.52. The number of thiophene rings is 1. The van der Waals surface area contributed by atoms with E-state index in [0.29, 0.717) is 9.75 Å². The number of rotatable bonds is 3. The van der Waals surface area contributed by atoms with Crippen LogP contribution in [0, 0.1) is 11.3 Å². The first-order valence-electron chi connectivity index (χ1n) is 3.46. The normalized spacial score (nSPS) is 11.4. The van der Waals surface area contributed by atoms with E-state index >= 15 is 0 Å². The van der Waals surface area contributed by atoms with Crippen LogP contribution in [0.15, 0.2) is 17.2 Å². The predicted molar refractivity (Wildman–Crippen MR) is 48.0 cm³/mol. The minimum absolute atomic E-state index is 0.241. The summed E-state index contributed by atoms with van der Waals surface area (Å²) in [6, 6.07) is 4.71. The quantitative estimate of drug-likeness (QED) is 0.452. The molecule has 1 atom stereocenters. The molecule has 6 heteroatoms. The van der Waals surface area contributed by atoms with Crippen LogP contribution in [0.4, 0.5) is 0 Å². The van der Waals surface area contributed by atoms with Crippen LogP contribution < -0.4 is 0 Å². The molecule has 0 aliphatic heterocycles. The van der Waals surface area contributed by atoms with Crippen LogP contribution in [0.2, 0.25) is 0 Å². The molecule has 1 aromatic heterocycles. The maximum atomic E-state index is 8.85. The lowest BCUT2D eigenvalue weighted by Crippen LogP contribution is -1.96. The van der Waals surface area contributed by atoms with Crippen molar-refractivity contribution in [1.29, 1.82) is 5.26 Å². The van der Waals surface area contributed by atoms with Gasteiger partial charge in [0.15, 0.2) is 0 Å². The molecular weight excluding hydrogens is 188 g/mol. The smallest absolute Gasteiger partial charge is 0.110 e. The number of hydrogen-bond acceptors (Lipinski definition) is 4. The highest BCUT2D eigenvalue weighted by molar-refractivity contribution is 7.12. The lowest BCUT2D eigenvalue weighted by molar-refractivity contribution is 0.269. The van der Waals surface area contributed by atoms with Crippen molar-refractivity contribution in [3.05, 3.63) is 32.3 Å². The summed E-state index contributed by atoms with van der Waals surface area (Å²) in [4.78, 5) is 3.86. The third kappa shape index (κ3) is 2.20. The fourth-order valence-electron chi connectivity index (χ4n) is 0.838. The Labute approximate surface area is 78.5 Å². The van der Waals surface area contributed by atoms with E-state index in [2.05, 4.69) is 10.0 Å². The highest BCUT2D eigenvalue weighted by Gasteiger charge is 2.10. The molecule has 0 fully saturated rings. The lowest BCUT2D eigenvalue weighted by Gasteiger charge is -2.01. The van der Waals surface area contributed by atoms with Gasteiger partial charge in [-0.1, -0.05) is 5.11 Å². The highest BCUT2D eigenvalue weighted by atomic mass is 32.1. The standard InChI is InChI=1S/C7H6N4OS/c8-3-5-1-2-7(13-5)6(4-12)10-11-9/h1-2,6,12H,4H2. The molecule has 0 saturated carbocycles. The molecule has 0 amide bonds. The summed E-state index contributed by atoms with van der Waals surface area (Å²) in [6.45, 7) is -0.241. The lowest BCUT2D eigenvalue weighted by atomic mass is 10.3. The summed E-state index contributed by atoms with van der Waals surface area (Å²) >= 11 is 1.22. The number of aliphatic hydroxyl groups excluding tert-OH is 1. The zero-order valence-electron chi connectivity index (χ0n) is 6.58. The molecule has 1 rings (SSSR count). The Morgan fingerprint density at radius 1 is 1.77 bits per heavy atom. The van der Waals surface area contributed by atoms with Crippen molar-refractivity contribution in [1.82, 2.24) is 0 Å². The predicted octanol–water partition coefficient (Wildman–Crippen LogP) is 1.96. The summed E-state index contributed by atoms with van der Waals surface area (Å²) < 4.78 is 0. The Bertz CT molecular complexity index is 374. The van der Waals surface area contributed by atoms with E-state index in [1.807, 2.05) is 6.07 Å². The SMILES string of the molecule is N#Cc1ccc(C(CO)N=[N+]=[N-])s1. The van der Waals surface area contributed by atoms with E-state index < -0.39 is 6.04 Å². The van der Waals surface area contributed by atoms with Gasteiger partial charge in [0, 0.05) is 9.79 Å². The van der Waals surface area contributed by atoms with E-state index in [4.69, 9.17) is 15.9 Å². The van der Waals surface area contributed by atoms with Crippen molar-refractivity contribution in [2.75, 3.05) is 6.61 Å². The maximum Gasteiger partial charge on any atom is 0.110 e. The molecule has 0 aliphatic rings. The molecule has 0 radical (unpaired) electrons. The molecule has 66 valence electrons. The Hall–Kier alpha value is -1.54.